The highest BCUT2D eigenvalue weighted by Crippen LogP contribution is 2.19. The fourth-order valence-corrected chi connectivity index (χ4v) is 2.93. The van der Waals surface area contributed by atoms with E-state index in [1.54, 1.807) is 6.07 Å². The van der Waals surface area contributed by atoms with Crippen molar-refractivity contribution in [3.63, 3.8) is 0 Å². The number of rotatable bonds is 8. The molecule has 0 fully saturated rings. The van der Waals surface area contributed by atoms with Crippen molar-refractivity contribution in [2.24, 2.45) is 0 Å². The second-order valence-electron chi connectivity index (χ2n) is 6.55. The number of unbranched alkanes of at least 4 members (excludes halogenated alkanes) is 1. The highest BCUT2D eigenvalue weighted by molar-refractivity contribution is 5.92. The molecule has 1 aromatic rings. The fourth-order valence-electron chi connectivity index (χ4n) is 2.93. The molecule has 1 amide bonds. The van der Waals surface area contributed by atoms with Crippen LogP contribution < -0.4 is 10.2 Å². The van der Waals surface area contributed by atoms with Crippen LogP contribution >= 0.6 is 0 Å². The Morgan fingerprint density at radius 2 is 2.17 bits per heavy atom. The summed E-state index contributed by atoms with van der Waals surface area (Å²) < 4.78 is 0. The molecule has 0 atom stereocenters. The molecule has 132 valence electrons. The SMILES string of the molecule is CCCCN(C)c1cc(C(=O)NCCC2=CCCCC2)nc(C)n1. The Morgan fingerprint density at radius 3 is 2.88 bits per heavy atom. The van der Waals surface area contributed by atoms with Crippen LogP contribution in [0.5, 0.6) is 0 Å². The van der Waals surface area contributed by atoms with Crippen LogP contribution in [0.2, 0.25) is 0 Å². The number of amides is 1. The summed E-state index contributed by atoms with van der Waals surface area (Å²) in [5, 5.41) is 2.99. The Balaban J connectivity index is 1.93. The third kappa shape index (κ3) is 5.62. The minimum absolute atomic E-state index is 0.109. The van der Waals surface area contributed by atoms with E-state index < -0.39 is 0 Å². The smallest absolute Gasteiger partial charge is 0.270 e. The number of carbonyl (C=O) groups is 1. The Kier molecular flexibility index (Phi) is 7.22. The Hall–Kier alpha value is -1.91. The molecule has 5 nitrogen and oxygen atoms in total. The van der Waals surface area contributed by atoms with Gasteiger partial charge in [-0.3, -0.25) is 4.79 Å². The van der Waals surface area contributed by atoms with Gasteiger partial charge in [-0.05, 0) is 45.4 Å². The number of aryl methyl sites for hydroxylation is 1. The van der Waals surface area contributed by atoms with Gasteiger partial charge in [0.15, 0.2) is 0 Å². The van der Waals surface area contributed by atoms with Crippen LogP contribution in [0.15, 0.2) is 17.7 Å². The highest BCUT2D eigenvalue weighted by Gasteiger charge is 2.13. The minimum Gasteiger partial charge on any atom is -0.360 e. The number of aromatic nitrogens is 2. The second kappa shape index (κ2) is 9.40. The first kappa shape index (κ1) is 18.4. The van der Waals surface area contributed by atoms with Crippen molar-refractivity contribution in [3.05, 3.63) is 29.2 Å². The zero-order chi connectivity index (χ0) is 17.4. The molecule has 1 aliphatic rings. The summed E-state index contributed by atoms with van der Waals surface area (Å²) in [5.41, 5.74) is 1.93. The molecule has 0 bridgehead atoms. The van der Waals surface area contributed by atoms with E-state index in [-0.39, 0.29) is 5.91 Å². The Morgan fingerprint density at radius 1 is 1.33 bits per heavy atom. The number of anilines is 1. The lowest BCUT2D eigenvalue weighted by Gasteiger charge is -2.18. The van der Waals surface area contributed by atoms with E-state index in [0.29, 0.717) is 18.1 Å². The molecular formula is C19H30N4O. The van der Waals surface area contributed by atoms with Crippen molar-refractivity contribution in [2.45, 2.75) is 58.8 Å². The van der Waals surface area contributed by atoms with Gasteiger partial charge in [0.25, 0.3) is 5.91 Å². The molecule has 1 aliphatic carbocycles. The molecule has 0 unspecified atom stereocenters. The average molecular weight is 330 g/mol. The van der Waals surface area contributed by atoms with Gasteiger partial charge in [-0.2, -0.15) is 0 Å². The zero-order valence-corrected chi connectivity index (χ0v) is 15.3. The molecule has 1 aromatic heterocycles. The van der Waals surface area contributed by atoms with Gasteiger partial charge >= 0.3 is 0 Å². The third-order valence-corrected chi connectivity index (χ3v) is 4.41. The monoisotopic (exact) mass is 330 g/mol. The van der Waals surface area contributed by atoms with E-state index in [2.05, 4.69) is 33.2 Å². The van der Waals surface area contributed by atoms with Crippen molar-refractivity contribution < 1.29 is 4.79 Å². The predicted octanol–water partition coefficient (Wildman–Crippen LogP) is 3.64. The normalized spacial score (nSPS) is 14.2. The first-order valence-corrected chi connectivity index (χ1v) is 9.13. The van der Waals surface area contributed by atoms with E-state index in [0.717, 1.165) is 31.6 Å². The van der Waals surface area contributed by atoms with E-state index in [4.69, 9.17) is 0 Å². The minimum atomic E-state index is -0.109. The lowest BCUT2D eigenvalue weighted by molar-refractivity contribution is 0.0948. The maximum absolute atomic E-state index is 12.4. The summed E-state index contributed by atoms with van der Waals surface area (Å²) in [5.74, 6) is 1.34. The van der Waals surface area contributed by atoms with Crippen molar-refractivity contribution in [1.82, 2.24) is 15.3 Å². The largest absolute Gasteiger partial charge is 0.360 e. The summed E-state index contributed by atoms with van der Waals surface area (Å²) in [4.78, 5) is 23.2. The fraction of sp³-hybridized carbons (Fsp3) is 0.632. The van der Waals surface area contributed by atoms with Crippen LogP contribution in [-0.4, -0.2) is 36.0 Å². The molecule has 5 heteroatoms. The first-order chi connectivity index (χ1) is 11.6. The van der Waals surface area contributed by atoms with Crippen molar-refractivity contribution in [1.29, 1.82) is 0 Å². The van der Waals surface area contributed by atoms with Crippen LogP contribution in [0.4, 0.5) is 5.82 Å². The van der Waals surface area contributed by atoms with Gasteiger partial charge in [-0.15, -0.1) is 0 Å². The van der Waals surface area contributed by atoms with Crippen LogP contribution in [0.25, 0.3) is 0 Å². The molecule has 1 N–H and O–H groups in total. The van der Waals surface area contributed by atoms with Gasteiger partial charge in [0.1, 0.15) is 17.3 Å². The van der Waals surface area contributed by atoms with Gasteiger partial charge in [-0.25, -0.2) is 9.97 Å². The Bertz CT molecular complexity index is 583. The molecule has 2 rings (SSSR count). The van der Waals surface area contributed by atoms with Crippen LogP contribution in [0, 0.1) is 6.92 Å². The van der Waals surface area contributed by atoms with E-state index in [1.807, 2.05) is 14.0 Å². The topological polar surface area (TPSA) is 58.1 Å². The zero-order valence-electron chi connectivity index (χ0n) is 15.3. The molecule has 0 saturated carbocycles. The van der Waals surface area contributed by atoms with E-state index in [1.165, 1.54) is 31.3 Å². The van der Waals surface area contributed by atoms with Gasteiger partial charge in [0.2, 0.25) is 0 Å². The average Bonchev–Trinajstić information content (AvgIpc) is 2.60. The van der Waals surface area contributed by atoms with Crippen molar-refractivity contribution in [3.8, 4) is 0 Å². The van der Waals surface area contributed by atoms with E-state index in [9.17, 15) is 4.79 Å². The number of hydrogen-bond acceptors (Lipinski definition) is 4. The first-order valence-electron chi connectivity index (χ1n) is 9.13. The maximum atomic E-state index is 12.4. The Labute approximate surface area is 145 Å². The molecule has 0 spiro atoms. The number of allylic oxidation sites excluding steroid dienone is 1. The molecule has 0 saturated heterocycles. The standard InChI is InChI=1S/C19H30N4O/c1-4-5-13-23(3)18-14-17(21-15(2)22-18)19(24)20-12-11-16-9-7-6-8-10-16/h9,14H,4-8,10-13H2,1-3H3,(H,20,24). The molecule has 0 radical (unpaired) electrons. The number of carbonyl (C=O) groups excluding carboxylic acids is 1. The van der Waals surface area contributed by atoms with Gasteiger partial charge in [-0.1, -0.05) is 25.0 Å². The van der Waals surface area contributed by atoms with Crippen molar-refractivity contribution >= 4 is 11.7 Å². The summed E-state index contributed by atoms with van der Waals surface area (Å²) in [6.07, 6.45) is 10.4. The number of hydrogen-bond donors (Lipinski definition) is 1. The third-order valence-electron chi connectivity index (χ3n) is 4.41. The summed E-state index contributed by atoms with van der Waals surface area (Å²) >= 11 is 0. The second-order valence-corrected chi connectivity index (χ2v) is 6.55. The predicted molar refractivity (Wildman–Crippen MR) is 98.4 cm³/mol. The lowest BCUT2D eigenvalue weighted by atomic mass is 9.97. The quantitative estimate of drug-likeness (QED) is 0.739. The van der Waals surface area contributed by atoms with Crippen LogP contribution in [0.1, 0.15) is 68.2 Å². The van der Waals surface area contributed by atoms with Gasteiger partial charge in [0.05, 0.1) is 0 Å². The molecular weight excluding hydrogens is 300 g/mol. The summed E-state index contributed by atoms with van der Waals surface area (Å²) in [7, 11) is 2.01. The van der Waals surface area contributed by atoms with Gasteiger partial charge < -0.3 is 10.2 Å². The highest BCUT2D eigenvalue weighted by atomic mass is 16.1. The van der Waals surface area contributed by atoms with E-state index >= 15 is 0 Å². The summed E-state index contributed by atoms with van der Waals surface area (Å²) in [6.45, 7) is 5.61. The maximum Gasteiger partial charge on any atom is 0.270 e. The molecule has 24 heavy (non-hydrogen) atoms. The molecule has 0 aliphatic heterocycles. The molecule has 1 heterocycles. The van der Waals surface area contributed by atoms with Crippen molar-refractivity contribution in [2.75, 3.05) is 25.0 Å². The summed E-state index contributed by atoms with van der Waals surface area (Å²) in [6, 6.07) is 1.79. The van der Waals surface area contributed by atoms with Crippen LogP contribution in [0.3, 0.4) is 0 Å². The number of nitrogens with one attached hydrogen (secondary N) is 1. The van der Waals surface area contributed by atoms with Gasteiger partial charge in [0, 0.05) is 26.2 Å². The number of nitrogens with zero attached hydrogens (tertiary/aromatic N) is 3. The molecule has 0 aromatic carbocycles. The van der Waals surface area contributed by atoms with Crippen LogP contribution in [-0.2, 0) is 0 Å². The lowest BCUT2D eigenvalue weighted by Crippen LogP contribution is -2.27.